The van der Waals surface area contributed by atoms with Gasteiger partial charge in [0.1, 0.15) is 29.9 Å². The number of nitrogen functional groups attached to an aromatic ring is 1. The number of rotatable bonds is 5. The molecule has 0 saturated heterocycles. The highest BCUT2D eigenvalue weighted by atomic mass is 16.1. The lowest BCUT2D eigenvalue weighted by atomic mass is 9.96. The van der Waals surface area contributed by atoms with Crippen LogP contribution in [0.2, 0.25) is 0 Å². The molecule has 1 unspecified atom stereocenters. The normalized spacial score (nSPS) is 13.5. The van der Waals surface area contributed by atoms with E-state index in [9.17, 15) is 10.1 Å². The summed E-state index contributed by atoms with van der Waals surface area (Å²) in [5.74, 6) is 0.122. The third kappa shape index (κ3) is 3.63. The molecule has 3 aromatic rings. The summed E-state index contributed by atoms with van der Waals surface area (Å²) in [6, 6.07) is 15.0. The molecule has 5 N–H and O–H groups in total. The molecule has 1 aliphatic heterocycles. The van der Waals surface area contributed by atoms with E-state index in [4.69, 9.17) is 5.73 Å². The number of nitrogens with two attached hydrogens (primary N) is 1. The predicted octanol–water partition coefficient (Wildman–Crippen LogP) is 2.04. The number of benzene rings is 1. The lowest BCUT2D eigenvalue weighted by molar-refractivity contribution is -0.115. The third-order valence-corrected chi connectivity index (χ3v) is 5.00. The van der Waals surface area contributed by atoms with Crippen molar-refractivity contribution in [2.75, 3.05) is 23.5 Å². The van der Waals surface area contributed by atoms with Crippen LogP contribution in [-0.2, 0) is 4.79 Å². The Morgan fingerprint density at radius 1 is 1.19 bits per heavy atom. The number of carbonyl (C=O) groups excluding carboxylic acids is 1. The van der Waals surface area contributed by atoms with Crippen LogP contribution < -0.4 is 21.8 Å². The first-order valence-electron chi connectivity index (χ1n) is 9.85. The van der Waals surface area contributed by atoms with E-state index in [0.29, 0.717) is 17.0 Å². The lowest BCUT2D eigenvalue weighted by Crippen LogP contribution is -2.45. The highest BCUT2D eigenvalue weighted by molar-refractivity contribution is 6.28. The molecule has 1 atom stereocenters. The van der Waals surface area contributed by atoms with Gasteiger partial charge in [-0.1, -0.05) is 24.3 Å². The van der Waals surface area contributed by atoms with Crippen LogP contribution in [0.5, 0.6) is 0 Å². The molecule has 0 saturated carbocycles. The van der Waals surface area contributed by atoms with Gasteiger partial charge in [0, 0.05) is 18.8 Å². The molecule has 1 amide bonds. The summed E-state index contributed by atoms with van der Waals surface area (Å²) >= 11 is 0. The zero-order chi connectivity index (χ0) is 22.7. The minimum absolute atomic E-state index is 0.0840. The minimum Gasteiger partial charge on any atom is -0.382 e. The van der Waals surface area contributed by atoms with Gasteiger partial charge < -0.3 is 16.4 Å². The summed E-state index contributed by atoms with van der Waals surface area (Å²) in [7, 11) is 1.59. The van der Waals surface area contributed by atoms with Crippen molar-refractivity contribution in [1.82, 2.24) is 25.3 Å². The Kier molecular flexibility index (Phi) is 5.55. The van der Waals surface area contributed by atoms with Gasteiger partial charge in [-0.05, 0) is 25.1 Å². The molecule has 0 radical (unpaired) electrons. The predicted molar refractivity (Wildman–Crippen MR) is 121 cm³/mol. The van der Waals surface area contributed by atoms with Gasteiger partial charge in [-0.2, -0.15) is 5.26 Å². The van der Waals surface area contributed by atoms with Crippen molar-refractivity contribution < 1.29 is 4.79 Å². The van der Waals surface area contributed by atoms with Crippen LogP contribution in [0.4, 0.5) is 17.3 Å². The maximum absolute atomic E-state index is 13.0. The van der Waals surface area contributed by atoms with Gasteiger partial charge >= 0.3 is 0 Å². The number of nitrogens with one attached hydrogen (secondary N) is 3. The molecule has 0 aliphatic carbocycles. The van der Waals surface area contributed by atoms with E-state index in [1.165, 1.54) is 6.33 Å². The number of carbonyl (C=O) groups is 1. The summed E-state index contributed by atoms with van der Waals surface area (Å²) in [6.07, 6.45) is 2.48. The first kappa shape index (κ1) is 20.6. The average Bonchev–Trinajstić information content (AvgIpc) is 2.83. The Bertz CT molecular complexity index is 1230. The number of anilines is 3. The van der Waals surface area contributed by atoms with E-state index >= 15 is 0 Å². The van der Waals surface area contributed by atoms with Gasteiger partial charge in [0.05, 0.1) is 22.7 Å². The standard InChI is InChI=1S/C22H21N9O/c1-13(29-21-15(11-23)20(24)27-12-28-21)31-19(17-9-5-6-10-26-17)18(22(32)25-2)14-7-3-4-8-16(14)30-31/h3-10,12-13,30H,1-2H3,(H,25,32)(H3,24,27,28,29). The number of hydrogen-bond donors (Lipinski definition) is 4. The van der Waals surface area contributed by atoms with Crippen LogP contribution >= 0.6 is 0 Å². The molecule has 1 aliphatic rings. The Morgan fingerprint density at radius 2 is 1.97 bits per heavy atom. The SMILES string of the molecule is CNC(=O)C1=C(c2ccccn2)N(C(C)Nc2ncnc(N)c2C#N)Nc2ccccc21. The van der Waals surface area contributed by atoms with Crippen molar-refractivity contribution in [2.45, 2.75) is 13.1 Å². The molecule has 2 aromatic heterocycles. The Morgan fingerprint density at radius 3 is 2.69 bits per heavy atom. The number of nitrogens with zero attached hydrogens (tertiary/aromatic N) is 5. The van der Waals surface area contributed by atoms with Gasteiger partial charge in [0.2, 0.25) is 0 Å². The van der Waals surface area contributed by atoms with Gasteiger partial charge in [0.15, 0.2) is 5.82 Å². The van der Waals surface area contributed by atoms with Crippen LogP contribution in [0.1, 0.15) is 23.7 Å². The zero-order valence-corrected chi connectivity index (χ0v) is 17.5. The summed E-state index contributed by atoms with van der Waals surface area (Å²) < 4.78 is 0. The van der Waals surface area contributed by atoms with Crippen LogP contribution in [-0.4, -0.2) is 39.1 Å². The fourth-order valence-corrected chi connectivity index (χ4v) is 3.51. The first-order valence-corrected chi connectivity index (χ1v) is 9.85. The second kappa shape index (κ2) is 8.61. The minimum atomic E-state index is -0.471. The maximum atomic E-state index is 13.0. The molecule has 0 bridgehead atoms. The third-order valence-electron chi connectivity index (χ3n) is 5.00. The van der Waals surface area contributed by atoms with E-state index in [1.54, 1.807) is 18.3 Å². The quantitative estimate of drug-likeness (QED) is 0.480. The fraction of sp³-hybridized carbons (Fsp3) is 0.136. The fourth-order valence-electron chi connectivity index (χ4n) is 3.51. The maximum Gasteiger partial charge on any atom is 0.253 e. The molecular formula is C22H21N9O. The Balaban J connectivity index is 1.87. The molecule has 32 heavy (non-hydrogen) atoms. The number of pyridine rings is 1. The highest BCUT2D eigenvalue weighted by Crippen LogP contribution is 2.38. The van der Waals surface area contributed by atoms with Gasteiger partial charge in [-0.25, -0.2) is 9.97 Å². The van der Waals surface area contributed by atoms with Crippen LogP contribution in [0.15, 0.2) is 55.0 Å². The molecule has 3 heterocycles. The zero-order valence-electron chi connectivity index (χ0n) is 17.5. The van der Waals surface area contributed by atoms with Crippen LogP contribution in [0.25, 0.3) is 11.3 Å². The number of likely N-dealkylation sites (N-methyl/N-ethyl adjacent to an activating group) is 1. The molecule has 10 nitrogen and oxygen atoms in total. The molecule has 160 valence electrons. The smallest absolute Gasteiger partial charge is 0.253 e. The second-order valence-electron chi connectivity index (χ2n) is 6.96. The van der Waals surface area contributed by atoms with Crippen LogP contribution in [0.3, 0.4) is 0 Å². The number of amides is 1. The monoisotopic (exact) mass is 427 g/mol. The van der Waals surface area contributed by atoms with Crippen molar-refractivity contribution in [3.63, 3.8) is 0 Å². The first-order chi connectivity index (χ1) is 15.5. The van der Waals surface area contributed by atoms with Crippen molar-refractivity contribution >= 4 is 34.5 Å². The molecule has 1 aromatic carbocycles. The molecule has 10 heteroatoms. The van der Waals surface area contributed by atoms with E-state index in [-0.39, 0.29) is 23.1 Å². The van der Waals surface area contributed by atoms with Gasteiger partial charge in [-0.15, -0.1) is 0 Å². The van der Waals surface area contributed by atoms with Gasteiger partial charge in [-0.3, -0.25) is 20.2 Å². The summed E-state index contributed by atoms with van der Waals surface area (Å²) in [5.41, 5.74) is 12.5. The summed E-state index contributed by atoms with van der Waals surface area (Å²) in [5, 5.41) is 17.2. The lowest BCUT2D eigenvalue weighted by Gasteiger charge is -2.39. The van der Waals surface area contributed by atoms with E-state index in [2.05, 4.69) is 31.0 Å². The highest BCUT2D eigenvalue weighted by Gasteiger charge is 2.33. The largest absolute Gasteiger partial charge is 0.382 e. The van der Waals surface area contributed by atoms with Crippen molar-refractivity contribution in [3.05, 3.63) is 71.8 Å². The summed E-state index contributed by atoms with van der Waals surface area (Å²) in [4.78, 5) is 25.6. The van der Waals surface area contributed by atoms with Crippen molar-refractivity contribution in [2.24, 2.45) is 0 Å². The number of hydrazine groups is 1. The topological polar surface area (TPSA) is 145 Å². The molecule has 0 spiro atoms. The van der Waals surface area contributed by atoms with Crippen molar-refractivity contribution in [1.29, 1.82) is 5.26 Å². The molecule has 0 fully saturated rings. The Hall–Kier alpha value is -4.65. The van der Waals surface area contributed by atoms with E-state index in [0.717, 1.165) is 11.3 Å². The van der Waals surface area contributed by atoms with E-state index < -0.39 is 6.17 Å². The van der Waals surface area contributed by atoms with Crippen molar-refractivity contribution in [3.8, 4) is 6.07 Å². The number of para-hydroxylation sites is 1. The number of fused-ring (bicyclic) bond motifs is 1. The number of nitriles is 1. The number of hydrogen-bond acceptors (Lipinski definition) is 9. The van der Waals surface area contributed by atoms with Gasteiger partial charge in [0.25, 0.3) is 5.91 Å². The average molecular weight is 427 g/mol. The summed E-state index contributed by atoms with van der Waals surface area (Å²) in [6.45, 7) is 1.87. The van der Waals surface area contributed by atoms with Crippen LogP contribution in [0, 0.1) is 11.3 Å². The molecule has 4 rings (SSSR count). The Labute approximate surface area is 184 Å². The van der Waals surface area contributed by atoms with E-state index in [1.807, 2.05) is 55.5 Å². The molecular weight excluding hydrogens is 406 g/mol. The second-order valence-corrected chi connectivity index (χ2v) is 6.96. The number of aromatic nitrogens is 3.